The van der Waals surface area contributed by atoms with Crippen LogP contribution >= 0.6 is 0 Å². The lowest BCUT2D eigenvalue weighted by molar-refractivity contribution is 0.294. The van der Waals surface area contributed by atoms with E-state index in [0.29, 0.717) is 12.7 Å². The third kappa shape index (κ3) is 5.59. The third-order valence-electron chi connectivity index (χ3n) is 3.30. The first-order valence-electron chi connectivity index (χ1n) is 7.44. The Morgan fingerprint density at radius 2 is 1.48 bits per heavy atom. The number of ether oxygens (including phenoxy) is 1. The molecule has 1 rings (SSSR count). The van der Waals surface area contributed by atoms with Gasteiger partial charge in [-0.3, -0.25) is 0 Å². The molecule has 0 heterocycles. The van der Waals surface area contributed by atoms with Crippen LogP contribution in [0.3, 0.4) is 0 Å². The summed E-state index contributed by atoms with van der Waals surface area (Å²) >= 11 is 0. The fraction of sp³-hybridized carbons (Fsp3) is 0.412. The predicted octanol–water partition coefficient (Wildman–Crippen LogP) is 4.72. The van der Waals surface area contributed by atoms with Crippen molar-refractivity contribution in [3.8, 4) is 5.75 Å². The van der Waals surface area contributed by atoms with Crippen molar-refractivity contribution in [2.75, 3.05) is 12.9 Å². The minimum Gasteiger partial charge on any atom is -0.483 e. The summed E-state index contributed by atoms with van der Waals surface area (Å²) in [5.74, 6) is -9.04. The minimum absolute atomic E-state index is 0.314. The first kappa shape index (κ1) is 21.2. The molecule has 0 aliphatic heterocycles. The molecule has 0 fully saturated rings. The Labute approximate surface area is 144 Å². The second-order valence-electron chi connectivity index (χ2n) is 5.87. The molecule has 0 saturated carbocycles. The number of hydrogen-bond acceptors (Lipinski definition) is 3. The van der Waals surface area contributed by atoms with Crippen LogP contribution in [0.4, 0.5) is 17.6 Å². The molecule has 1 aromatic rings. The zero-order chi connectivity index (χ0) is 19.4. The van der Waals surface area contributed by atoms with E-state index in [1.165, 1.54) is 6.08 Å². The van der Waals surface area contributed by atoms with Crippen LogP contribution < -0.4 is 4.74 Å². The van der Waals surface area contributed by atoms with Gasteiger partial charge < -0.3 is 4.74 Å². The topological polar surface area (TPSA) is 43.4 Å². The van der Waals surface area contributed by atoms with Crippen molar-refractivity contribution in [1.82, 2.24) is 0 Å². The first-order chi connectivity index (χ1) is 11.5. The highest BCUT2D eigenvalue weighted by Gasteiger charge is 2.31. The Hall–Kier alpha value is -1.83. The zero-order valence-corrected chi connectivity index (χ0v) is 15.2. The molecule has 1 aromatic carbocycles. The van der Waals surface area contributed by atoms with Gasteiger partial charge >= 0.3 is 0 Å². The van der Waals surface area contributed by atoms with Gasteiger partial charge in [-0.15, -0.1) is 0 Å². The number of sulfone groups is 1. The fourth-order valence-corrected chi connectivity index (χ4v) is 2.83. The molecule has 0 amide bonds. The summed E-state index contributed by atoms with van der Waals surface area (Å²) in [5, 5.41) is 0. The molecule has 0 radical (unpaired) electrons. The van der Waals surface area contributed by atoms with E-state index in [1.54, 1.807) is 6.92 Å². The lowest BCUT2D eigenvalue weighted by Gasteiger charge is -2.11. The summed E-state index contributed by atoms with van der Waals surface area (Å²) in [6.07, 6.45) is 5.46. The number of rotatable bonds is 7. The highest BCUT2D eigenvalue weighted by molar-refractivity contribution is 7.90. The number of hydrogen-bond donors (Lipinski definition) is 0. The molecule has 3 nitrogen and oxygen atoms in total. The number of halogens is 4. The largest absolute Gasteiger partial charge is 0.483 e. The highest BCUT2D eigenvalue weighted by atomic mass is 32.2. The van der Waals surface area contributed by atoms with Crippen LogP contribution in [-0.2, 0) is 9.84 Å². The smallest absolute Gasteiger partial charge is 0.205 e. The van der Waals surface area contributed by atoms with Crippen molar-refractivity contribution < 1.29 is 30.7 Å². The van der Waals surface area contributed by atoms with E-state index >= 15 is 0 Å². The van der Waals surface area contributed by atoms with Crippen molar-refractivity contribution in [2.24, 2.45) is 0 Å². The maximum atomic E-state index is 13.8. The normalized spacial score (nSPS) is 12.2. The Morgan fingerprint density at radius 1 is 0.960 bits per heavy atom. The van der Waals surface area contributed by atoms with Gasteiger partial charge in [0.05, 0.1) is 0 Å². The molecule has 0 saturated heterocycles. The Bertz CT molecular complexity index is 779. The Morgan fingerprint density at radius 3 is 1.92 bits per heavy atom. The SMILES string of the molecule is CC(C)=CCC/C(C)=C/COc1c(F)c(F)c(S(C)(=O)=O)c(F)c1F. The average molecular weight is 380 g/mol. The van der Waals surface area contributed by atoms with Gasteiger partial charge in [-0.2, -0.15) is 8.78 Å². The number of benzene rings is 1. The molecular weight excluding hydrogens is 360 g/mol. The maximum absolute atomic E-state index is 13.8. The molecule has 0 bridgehead atoms. The molecule has 140 valence electrons. The molecule has 25 heavy (non-hydrogen) atoms. The van der Waals surface area contributed by atoms with E-state index in [2.05, 4.69) is 0 Å². The van der Waals surface area contributed by atoms with Crippen LogP contribution in [0.25, 0.3) is 0 Å². The van der Waals surface area contributed by atoms with Gasteiger partial charge in [-0.1, -0.05) is 17.2 Å². The van der Waals surface area contributed by atoms with E-state index < -0.39 is 43.8 Å². The Kier molecular flexibility index (Phi) is 7.22. The summed E-state index contributed by atoms with van der Waals surface area (Å²) in [7, 11) is -4.48. The van der Waals surface area contributed by atoms with Gasteiger partial charge in [0.1, 0.15) is 11.5 Å². The van der Waals surface area contributed by atoms with Crippen molar-refractivity contribution >= 4 is 9.84 Å². The second kappa shape index (κ2) is 8.51. The molecule has 0 spiro atoms. The van der Waals surface area contributed by atoms with Crippen LogP contribution in [0.1, 0.15) is 33.6 Å². The summed E-state index contributed by atoms with van der Waals surface area (Å²) in [5.41, 5.74) is 2.03. The average Bonchev–Trinajstić information content (AvgIpc) is 2.47. The Balaban J connectivity index is 3.00. The van der Waals surface area contributed by atoms with Crippen molar-refractivity contribution in [2.45, 2.75) is 38.5 Å². The lowest BCUT2D eigenvalue weighted by atomic mass is 10.1. The standard InChI is InChI=1S/C17H20F4O3S/c1-10(2)6-5-7-11(3)8-9-24-16-12(18)14(20)17(25(4,22)23)15(21)13(16)19/h6,8H,5,7,9H2,1-4H3/b11-8+. The van der Waals surface area contributed by atoms with Gasteiger partial charge in [0.25, 0.3) is 0 Å². The summed E-state index contributed by atoms with van der Waals surface area (Å²) in [4.78, 5) is -1.65. The van der Waals surface area contributed by atoms with Crippen LogP contribution in [0, 0.1) is 23.3 Å². The molecule has 0 aliphatic carbocycles. The van der Waals surface area contributed by atoms with Crippen molar-refractivity contribution in [3.63, 3.8) is 0 Å². The van der Waals surface area contributed by atoms with Gasteiger partial charge in [0.2, 0.25) is 11.6 Å². The van der Waals surface area contributed by atoms with E-state index in [1.807, 2.05) is 19.9 Å². The van der Waals surface area contributed by atoms with Crippen LogP contribution in [0.15, 0.2) is 28.2 Å². The van der Waals surface area contributed by atoms with E-state index in [9.17, 15) is 26.0 Å². The van der Waals surface area contributed by atoms with Crippen LogP contribution in [0.2, 0.25) is 0 Å². The van der Waals surface area contributed by atoms with Gasteiger partial charge in [0, 0.05) is 6.26 Å². The quantitative estimate of drug-likeness (QED) is 0.391. The van der Waals surface area contributed by atoms with Crippen molar-refractivity contribution in [1.29, 1.82) is 0 Å². The summed E-state index contributed by atoms with van der Waals surface area (Å²) < 4.78 is 82.6. The van der Waals surface area contributed by atoms with Crippen LogP contribution in [0.5, 0.6) is 5.75 Å². The van der Waals surface area contributed by atoms with Gasteiger partial charge in [-0.05, 0) is 39.7 Å². The van der Waals surface area contributed by atoms with Gasteiger partial charge in [0.15, 0.2) is 27.2 Å². The van der Waals surface area contributed by atoms with E-state index in [0.717, 1.165) is 17.6 Å². The second-order valence-corrected chi connectivity index (χ2v) is 7.82. The number of allylic oxidation sites excluding steroid dienone is 3. The fourth-order valence-electron chi connectivity index (χ4n) is 2.00. The molecule has 0 aromatic heterocycles. The molecule has 8 heteroatoms. The minimum atomic E-state index is -4.48. The molecule has 0 N–H and O–H groups in total. The summed E-state index contributed by atoms with van der Waals surface area (Å²) in [6.45, 7) is 5.38. The molecule has 0 aliphatic rings. The predicted molar refractivity (Wildman–Crippen MR) is 87.3 cm³/mol. The van der Waals surface area contributed by atoms with Gasteiger partial charge in [-0.25, -0.2) is 17.2 Å². The first-order valence-corrected chi connectivity index (χ1v) is 9.33. The molecular formula is C17H20F4O3S. The lowest BCUT2D eigenvalue weighted by Crippen LogP contribution is -2.12. The molecule has 0 atom stereocenters. The monoisotopic (exact) mass is 380 g/mol. The zero-order valence-electron chi connectivity index (χ0n) is 14.4. The third-order valence-corrected chi connectivity index (χ3v) is 4.40. The van der Waals surface area contributed by atoms with Crippen LogP contribution in [-0.4, -0.2) is 21.3 Å². The van der Waals surface area contributed by atoms with E-state index in [4.69, 9.17) is 4.74 Å². The highest BCUT2D eigenvalue weighted by Crippen LogP contribution is 2.32. The summed E-state index contributed by atoms with van der Waals surface area (Å²) in [6, 6.07) is 0. The molecule has 0 unspecified atom stereocenters. The van der Waals surface area contributed by atoms with Crippen molar-refractivity contribution in [3.05, 3.63) is 46.6 Å². The maximum Gasteiger partial charge on any atom is 0.205 e. The van der Waals surface area contributed by atoms with E-state index in [-0.39, 0.29) is 6.61 Å².